The zero-order valence-electron chi connectivity index (χ0n) is 12.6. The lowest BCUT2D eigenvalue weighted by molar-refractivity contribution is 0.380. The van der Waals surface area contributed by atoms with E-state index in [1.807, 2.05) is 6.07 Å². The van der Waals surface area contributed by atoms with Crippen LogP contribution in [0.3, 0.4) is 0 Å². The highest BCUT2D eigenvalue weighted by atomic mass is 32.1. The summed E-state index contributed by atoms with van der Waals surface area (Å²) in [5.74, 6) is 2.78. The standard InChI is InChI=1S/C10H15NS.C5H13NS2/c1-2-11(8-9-12)10-6-4-3-5-7-10;1-6(2-4-7)3-5-8/h3-7,12H,2,8-9H2,1H3;7-8H,2-5H2,1H3. The van der Waals surface area contributed by atoms with Crippen molar-refractivity contribution < 1.29 is 0 Å². The highest BCUT2D eigenvalue weighted by molar-refractivity contribution is 7.80. The van der Waals surface area contributed by atoms with Crippen LogP contribution in [0.5, 0.6) is 0 Å². The van der Waals surface area contributed by atoms with Crippen LogP contribution in [-0.4, -0.2) is 55.4 Å². The summed E-state index contributed by atoms with van der Waals surface area (Å²) >= 11 is 12.4. The fourth-order valence-corrected chi connectivity index (χ4v) is 2.61. The molecular weight excluding hydrogens is 304 g/mol. The van der Waals surface area contributed by atoms with Crippen molar-refractivity contribution in [1.82, 2.24) is 4.90 Å². The molecule has 1 aromatic carbocycles. The number of benzene rings is 1. The molecule has 0 spiro atoms. The van der Waals surface area contributed by atoms with E-state index in [1.54, 1.807) is 0 Å². The van der Waals surface area contributed by atoms with E-state index >= 15 is 0 Å². The molecule has 0 bridgehead atoms. The molecule has 0 atom stereocenters. The summed E-state index contributed by atoms with van der Waals surface area (Å²) in [7, 11) is 2.08. The van der Waals surface area contributed by atoms with Crippen molar-refractivity contribution in [2.24, 2.45) is 0 Å². The maximum atomic E-state index is 4.22. The molecule has 1 aromatic rings. The maximum absolute atomic E-state index is 4.22. The molecular formula is C15H28N2S3. The van der Waals surface area contributed by atoms with E-state index in [4.69, 9.17) is 0 Å². The second-order valence-corrected chi connectivity index (χ2v) is 5.73. The van der Waals surface area contributed by atoms with Crippen LogP contribution in [0.1, 0.15) is 6.92 Å². The van der Waals surface area contributed by atoms with Crippen molar-refractivity contribution in [1.29, 1.82) is 0 Å². The molecule has 1 rings (SSSR count). The third kappa shape index (κ3) is 9.86. The van der Waals surface area contributed by atoms with E-state index in [-0.39, 0.29) is 0 Å². The Morgan fingerprint density at radius 3 is 1.75 bits per heavy atom. The van der Waals surface area contributed by atoms with Gasteiger partial charge in [-0.1, -0.05) is 18.2 Å². The summed E-state index contributed by atoms with van der Waals surface area (Å²) in [6.45, 7) is 6.35. The van der Waals surface area contributed by atoms with Crippen molar-refractivity contribution in [3.63, 3.8) is 0 Å². The van der Waals surface area contributed by atoms with Gasteiger partial charge in [-0.3, -0.25) is 0 Å². The lowest BCUT2D eigenvalue weighted by Gasteiger charge is -2.21. The second kappa shape index (κ2) is 14.0. The largest absolute Gasteiger partial charge is 0.371 e. The van der Waals surface area contributed by atoms with E-state index in [0.29, 0.717) is 0 Å². The van der Waals surface area contributed by atoms with Gasteiger partial charge in [0.2, 0.25) is 0 Å². The van der Waals surface area contributed by atoms with Crippen LogP contribution < -0.4 is 4.90 Å². The number of rotatable bonds is 8. The molecule has 0 saturated carbocycles. The fraction of sp³-hybridized carbons (Fsp3) is 0.600. The van der Waals surface area contributed by atoms with Gasteiger partial charge in [-0.2, -0.15) is 37.9 Å². The van der Waals surface area contributed by atoms with Gasteiger partial charge in [0.05, 0.1) is 0 Å². The molecule has 0 aliphatic heterocycles. The number of para-hydroxylation sites is 1. The highest BCUT2D eigenvalue weighted by Gasteiger charge is 2.00. The molecule has 0 unspecified atom stereocenters. The molecule has 0 fully saturated rings. The van der Waals surface area contributed by atoms with Crippen molar-refractivity contribution in [3.8, 4) is 0 Å². The Kier molecular flexibility index (Phi) is 14.0. The van der Waals surface area contributed by atoms with Gasteiger partial charge in [0.1, 0.15) is 0 Å². The van der Waals surface area contributed by atoms with Crippen LogP contribution >= 0.6 is 37.9 Å². The van der Waals surface area contributed by atoms with Gasteiger partial charge >= 0.3 is 0 Å². The minimum absolute atomic E-state index is 0.905. The minimum Gasteiger partial charge on any atom is -0.371 e. The number of hydrogen-bond acceptors (Lipinski definition) is 5. The third-order valence-electron chi connectivity index (χ3n) is 2.84. The molecule has 0 aliphatic rings. The van der Waals surface area contributed by atoms with Crippen molar-refractivity contribution in [3.05, 3.63) is 30.3 Å². The predicted octanol–water partition coefficient (Wildman–Crippen LogP) is 3.22. The fourth-order valence-electron chi connectivity index (χ4n) is 1.68. The van der Waals surface area contributed by atoms with Crippen molar-refractivity contribution in [2.75, 3.05) is 55.4 Å². The van der Waals surface area contributed by atoms with Gasteiger partial charge in [-0.15, -0.1) is 0 Å². The Morgan fingerprint density at radius 1 is 0.850 bits per heavy atom. The van der Waals surface area contributed by atoms with Gasteiger partial charge in [0.15, 0.2) is 0 Å². The van der Waals surface area contributed by atoms with Gasteiger partial charge in [-0.25, -0.2) is 0 Å². The average molecular weight is 333 g/mol. The third-order valence-corrected chi connectivity index (χ3v) is 3.44. The maximum Gasteiger partial charge on any atom is 0.0366 e. The zero-order valence-corrected chi connectivity index (χ0v) is 15.3. The quantitative estimate of drug-likeness (QED) is 0.629. The number of thiol groups is 3. The summed E-state index contributed by atoms with van der Waals surface area (Å²) in [4.78, 5) is 4.52. The van der Waals surface area contributed by atoms with Gasteiger partial charge < -0.3 is 9.80 Å². The lowest BCUT2D eigenvalue weighted by atomic mass is 10.3. The van der Waals surface area contributed by atoms with Crippen molar-refractivity contribution in [2.45, 2.75) is 6.92 Å². The SMILES string of the molecule is CCN(CCS)c1ccccc1.CN(CCS)CCS. The molecule has 0 N–H and O–H groups in total. The first-order chi connectivity index (χ1) is 9.69. The van der Waals surface area contributed by atoms with Gasteiger partial charge in [0, 0.05) is 49.1 Å². The van der Waals surface area contributed by atoms with Crippen molar-refractivity contribution >= 4 is 43.6 Å². The summed E-state index contributed by atoms with van der Waals surface area (Å²) in [6, 6.07) is 10.4. The molecule has 20 heavy (non-hydrogen) atoms. The number of anilines is 1. The van der Waals surface area contributed by atoms with Crippen LogP contribution in [-0.2, 0) is 0 Å². The van der Waals surface area contributed by atoms with E-state index in [9.17, 15) is 0 Å². The Balaban J connectivity index is 0.000000396. The zero-order chi connectivity index (χ0) is 15.2. The first kappa shape index (κ1) is 20.0. The summed E-state index contributed by atoms with van der Waals surface area (Å²) < 4.78 is 0. The molecule has 0 amide bonds. The molecule has 0 saturated heterocycles. The smallest absolute Gasteiger partial charge is 0.0366 e. The Morgan fingerprint density at radius 2 is 1.35 bits per heavy atom. The number of hydrogen-bond donors (Lipinski definition) is 3. The van der Waals surface area contributed by atoms with E-state index in [2.05, 4.69) is 85.9 Å². The van der Waals surface area contributed by atoms with Crippen LogP contribution in [0, 0.1) is 0 Å². The predicted molar refractivity (Wildman–Crippen MR) is 103 cm³/mol. The molecule has 116 valence electrons. The summed E-state index contributed by atoms with van der Waals surface area (Å²) in [5, 5.41) is 0. The Labute approximate surface area is 141 Å². The molecule has 2 nitrogen and oxygen atoms in total. The van der Waals surface area contributed by atoms with Crippen LogP contribution in [0.15, 0.2) is 30.3 Å². The molecule has 5 heteroatoms. The van der Waals surface area contributed by atoms with Crippen LogP contribution in [0.2, 0.25) is 0 Å². The Hall–Kier alpha value is 0.0300. The highest BCUT2D eigenvalue weighted by Crippen LogP contribution is 2.11. The van der Waals surface area contributed by atoms with Gasteiger partial charge in [-0.05, 0) is 26.1 Å². The lowest BCUT2D eigenvalue weighted by Crippen LogP contribution is -2.24. The van der Waals surface area contributed by atoms with Crippen LogP contribution in [0.25, 0.3) is 0 Å². The molecule has 0 radical (unpaired) electrons. The van der Waals surface area contributed by atoms with Gasteiger partial charge in [0.25, 0.3) is 0 Å². The summed E-state index contributed by atoms with van der Waals surface area (Å²) in [6.07, 6.45) is 0. The molecule has 0 heterocycles. The number of nitrogens with zero attached hydrogens (tertiary/aromatic N) is 2. The first-order valence-electron chi connectivity index (χ1n) is 7.00. The van der Waals surface area contributed by atoms with E-state index < -0.39 is 0 Å². The normalized spacial score (nSPS) is 10.1. The van der Waals surface area contributed by atoms with E-state index in [1.165, 1.54) is 5.69 Å². The minimum atomic E-state index is 0.905. The Bertz CT molecular complexity index is 303. The molecule has 0 aliphatic carbocycles. The first-order valence-corrected chi connectivity index (χ1v) is 8.90. The topological polar surface area (TPSA) is 6.48 Å². The van der Waals surface area contributed by atoms with E-state index in [0.717, 1.165) is 43.4 Å². The second-order valence-electron chi connectivity index (χ2n) is 4.39. The molecule has 0 aromatic heterocycles. The summed E-state index contributed by atoms with van der Waals surface area (Å²) in [5.41, 5.74) is 1.29. The average Bonchev–Trinajstić information content (AvgIpc) is 2.47. The van der Waals surface area contributed by atoms with Crippen LogP contribution in [0.4, 0.5) is 5.69 Å². The monoisotopic (exact) mass is 332 g/mol.